The fraction of sp³-hybridized carbons (Fsp3) is 0.100. The molecule has 3 heterocycles. The number of aromatic nitrogens is 4. The van der Waals surface area contributed by atoms with Crippen LogP contribution < -0.4 is 10.1 Å². The number of nitrogens with zero attached hydrogens (tertiary/aromatic N) is 3. The highest BCUT2D eigenvalue weighted by Crippen LogP contribution is 2.25. The van der Waals surface area contributed by atoms with Crippen molar-refractivity contribution in [2.24, 2.45) is 0 Å². The molecule has 0 atom stereocenters. The number of rotatable bonds is 4. The number of carbonyl (C=O) groups excluding carboxylic acids is 1. The average molecular weight is 359 g/mol. The van der Waals surface area contributed by atoms with Gasteiger partial charge < -0.3 is 15.0 Å². The molecule has 2 N–H and O–H groups in total. The van der Waals surface area contributed by atoms with Crippen LogP contribution in [0.5, 0.6) is 5.75 Å². The molecule has 0 aliphatic rings. The van der Waals surface area contributed by atoms with E-state index in [-0.39, 0.29) is 5.91 Å². The standard InChI is InChI=1S/C20H17N5O2/c1-12-6-8-21-11-16(12)23-20(26)15-7-9-22-19-17(15)24-18(25-19)13-4-3-5-14(10-13)27-2/h3-11H,1-2H3,(H,23,26)(H,22,24,25). The van der Waals surface area contributed by atoms with Crippen molar-refractivity contribution in [3.8, 4) is 17.1 Å². The largest absolute Gasteiger partial charge is 0.497 e. The van der Waals surface area contributed by atoms with Crippen LogP contribution >= 0.6 is 0 Å². The van der Waals surface area contributed by atoms with Gasteiger partial charge in [0.2, 0.25) is 0 Å². The van der Waals surface area contributed by atoms with Crippen LogP contribution in [0.15, 0.2) is 55.0 Å². The molecule has 0 spiro atoms. The molecular formula is C20H17N5O2. The van der Waals surface area contributed by atoms with Gasteiger partial charge in [-0.05, 0) is 36.8 Å². The fourth-order valence-electron chi connectivity index (χ4n) is 2.79. The maximum Gasteiger partial charge on any atom is 0.258 e. The molecule has 0 saturated heterocycles. The molecule has 0 unspecified atom stereocenters. The van der Waals surface area contributed by atoms with Crippen LogP contribution in [-0.2, 0) is 0 Å². The van der Waals surface area contributed by atoms with Crippen molar-refractivity contribution in [2.75, 3.05) is 12.4 Å². The van der Waals surface area contributed by atoms with Crippen LogP contribution in [0.4, 0.5) is 5.69 Å². The lowest BCUT2D eigenvalue weighted by atomic mass is 10.2. The number of anilines is 1. The summed E-state index contributed by atoms with van der Waals surface area (Å²) >= 11 is 0. The quantitative estimate of drug-likeness (QED) is 0.581. The molecule has 3 aromatic heterocycles. The number of aryl methyl sites for hydroxylation is 1. The Morgan fingerprint density at radius 3 is 2.89 bits per heavy atom. The van der Waals surface area contributed by atoms with Crippen molar-refractivity contribution in [2.45, 2.75) is 6.92 Å². The van der Waals surface area contributed by atoms with E-state index < -0.39 is 0 Å². The number of carbonyl (C=O) groups is 1. The first-order chi connectivity index (χ1) is 13.2. The molecule has 1 amide bonds. The Morgan fingerprint density at radius 2 is 2.07 bits per heavy atom. The van der Waals surface area contributed by atoms with Gasteiger partial charge in [-0.3, -0.25) is 9.78 Å². The molecule has 0 bridgehead atoms. The second-order valence-electron chi connectivity index (χ2n) is 6.02. The summed E-state index contributed by atoms with van der Waals surface area (Å²) in [7, 11) is 1.61. The number of hydrogen-bond donors (Lipinski definition) is 2. The summed E-state index contributed by atoms with van der Waals surface area (Å²) in [6.45, 7) is 1.91. The normalized spacial score (nSPS) is 10.7. The number of fused-ring (bicyclic) bond motifs is 1. The monoisotopic (exact) mass is 359 g/mol. The minimum atomic E-state index is -0.251. The molecule has 0 saturated carbocycles. The van der Waals surface area contributed by atoms with Gasteiger partial charge in [0.15, 0.2) is 5.65 Å². The first-order valence-corrected chi connectivity index (χ1v) is 8.37. The molecule has 0 aliphatic carbocycles. The second-order valence-corrected chi connectivity index (χ2v) is 6.02. The molecule has 0 radical (unpaired) electrons. The van der Waals surface area contributed by atoms with E-state index in [0.717, 1.165) is 16.9 Å². The van der Waals surface area contributed by atoms with E-state index >= 15 is 0 Å². The topological polar surface area (TPSA) is 92.8 Å². The van der Waals surface area contributed by atoms with E-state index in [1.807, 2.05) is 37.3 Å². The van der Waals surface area contributed by atoms with Crippen molar-refractivity contribution in [1.82, 2.24) is 19.9 Å². The third-order valence-electron chi connectivity index (χ3n) is 4.27. The third-order valence-corrected chi connectivity index (χ3v) is 4.27. The van der Waals surface area contributed by atoms with Crippen LogP contribution in [0, 0.1) is 6.92 Å². The van der Waals surface area contributed by atoms with Crippen molar-refractivity contribution >= 4 is 22.8 Å². The average Bonchev–Trinajstić information content (AvgIpc) is 3.14. The minimum absolute atomic E-state index is 0.251. The number of methoxy groups -OCH3 is 1. The molecule has 4 aromatic rings. The van der Waals surface area contributed by atoms with Crippen molar-refractivity contribution in [3.05, 3.63) is 66.1 Å². The van der Waals surface area contributed by atoms with Gasteiger partial charge in [-0.1, -0.05) is 12.1 Å². The van der Waals surface area contributed by atoms with E-state index in [4.69, 9.17) is 4.74 Å². The highest BCUT2D eigenvalue weighted by atomic mass is 16.5. The number of amides is 1. The Kier molecular flexibility index (Phi) is 4.25. The zero-order chi connectivity index (χ0) is 18.8. The molecule has 7 nitrogen and oxygen atoms in total. The van der Waals surface area contributed by atoms with E-state index in [1.165, 1.54) is 0 Å². The predicted octanol–water partition coefficient (Wildman–Crippen LogP) is 3.59. The van der Waals surface area contributed by atoms with Gasteiger partial charge in [-0.15, -0.1) is 0 Å². The van der Waals surface area contributed by atoms with Crippen molar-refractivity contribution < 1.29 is 9.53 Å². The molecular weight excluding hydrogens is 342 g/mol. The third kappa shape index (κ3) is 3.22. The van der Waals surface area contributed by atoms with Gasteiger partial charge in [0.05, 0.1) is 30.1 Å². The molecule has 27 heavy (non-hydrogen) atoms. The Hall–Kier alpha value is -3.74. The highest BCUT2D eigenvalue weighted by Gasteiger charge is 2.16. The van der Waals surface area contributed by atoms with Gasteiger partial charge >= 0.3 is 0 Å². The first-order valence-electron chi connectivity index (χ1n) is 8.37. The molecule has 0 fully saturated rings. The molecule has 134 valence electrons. The summed E-state index contributed by atoms with van der Waals surface area (Å²) in [4.78, 5) is 28.8. The maximum atomic E-state index is 12.8. The van der Waals surface area contributed by atoms with Crippen molar-refractivity contribution in [1.29, 1.82) is 0 Å². The lowest BCUT2D eigenvalue weighted by Gasteiger charge is -2.07. The van der Waals surface area contributed by atoms with Crippen LogP contribution in [0.3, 0.4) is 0 Å². The van der Waals surface area contributed by atoms with E-state index in [9.17, 15) is 4.79 Å². The van der Waals surface area contributed by atoms with E-state index in [2.05, 4.69) is 25.3 Å². The number of benzene rings is 1. The van der Waals surface area contributed by atoms with Crippen LogP contribution in [0.25, 0.3) is 22.6 Å². The number of imidazole rings is 1. The molecule has 7 heteroatoms. The smallest absolute Gasteiger partial charge is 0.258 e. The zero-order valence-electron chi connectivity index (χ0n) is 14.9. The number of aromatic amines is 1. The Labute approximate surface area is 155 Å². The lowest BCUT2D eigenvalue weighted by molar-refractivity contribution is 0.102. The van der Waals surface area contributed by atoms with Crippen LogP contribution in [0.2, 0.25) is 0 Å². The van der Waals surface area contributed by atoms with Crippen LogP contribution in [0.1, 0.15) is 15.9 Å². The SMILES string of the molecule is COc1cccc(-c2nc3nccc(C(=O)Nc4cnccc4C)c3[nH]2)c1. The maximum absolute atomic E-state index is 12.8. The number of ether oxygens (including phenoxy) is 1. The van der Waals surface area contributed by atoms with Crippen LogP contribution in [-0.4, -0.2) is 33.0 Å². The summed E-state index contributed by atoms with van der Waals surface area (Å²) in [5.41, 5.74) is 3.97. The molecule has 1 aromatic carbocycles. The van der Waals surface area contributed by atoms with E-state index in [0.29, 0.717) is 28.2 Å². The van der Waals surface area contributed by atoms with E-state index in [1.54, 1.807) is 31.8 Å². The lowest BCUT2D eigenvalue weighted by Crippen LogP contribution is -2.13. The highest BCUT2D eigenvalue weighted by molar-refractivity contribution is 6.11. The fourth-order valence-corrected chi connectivity index (χ4v) is 2.79. The minimum Gasteiger partial charge on any atom is -0.497 e. The summed E-state index contributed by atoms with van der Waals surface area (Å²) < 4.78 is 5.26. The molecule has 4 rings (SSSR count). The van der Waals surface area contributed by atoms with Gasteiger partial charge in [0.25, 0.3) is 5.91 Å². The van der Waals surface area contributed by atoms with Gasteiger partial charge in [-0.2, -0.15) is 0 Å². The molecule has 0 aliphatic heterocycles. The van der Waals surface area contributed by atoms with Gasteiger partial charge in [0, 0.05) is 18.0 Å². The van der Waals surface area contributed by atoms with Gasteiger partial charge in [0.1, 0.15) is 11.6 Å². The van der Waals surface area contributed by atoms with Crippen molar-refractivity contribution in [3.63, 3.8) is 0 Å². The summed E-state index contributed by atoms with van der Waals surface area (Å²) in [6.07, 6.45) is 4.88. The Morgan fingerprint density at radius 1 is 1.19 bits per heavy atom. The Balaban J connectivity index is 1.73. The number of H-pyrrole nitrogens is 1. The number of hydrogen-bond acceptors (Lipinski definition) is 5. The second kappa shape index (κ2) is 6.87. The first kappa shape index (κ1) is 16.7. The summed E-state index contributed by atoms with van der Waals surface area (Å²) in [6, 6.07) is 11.0. The summed E-state index contributed by atoms with van der Waals surface area (Å²) in [5, 5.41) is 2.89. The Bertz CT molecular complexity index is 1140. The zero-order valence-corrected chi connectivity index (χ0v) is 14.9. The van der Waals surface area contributed by atoms with Gasteiger partial charge in [-0.25, -0.2) is 9.97 Å². The number of nitrogens with one attached hydrogen (secondary N) is 2. The number of pyridine rings is 2. The summed E-state index contributed by atoms with van der Waals surface area (Å²) in [5.74, 6) is 1.10. The predicted molar refractivity (Wildman–Crippen MR) is 103 cm³/mol.